The molecule has 0 unspecified atom stereocenters. The largest absolute Gasteiger partial charge is 0.508 e. The van der Waals surface area contributed by atoms with Crippen molar-refractivity contribution in [2.45, 2.75) is 26.2 Å². The smallest absolute Gasteiger partial charge is 0.252 e. The Morgan fingerprint density at radius 1 is 1.17 bits per heavy atom. The Morgan fingerprint density at radius 2 is 1.89 bits per heavy atom. The van der Waals surface area contributed by atoms with E-state index in [1.165, 1.54) is 24.5 Å². The molecular formula is C15H17NO2. The fourth-order valence-electron chi connectivity index (χ4n) is 1.92. The monoisotopic (exact) mass is 243 g/mol. The molecule has 0 aliphatic rings. The van der Waals surface area contributed by atoms with Gasteiger partial charge in [-0.15, -0.1) is 0 Å². The number of benzene rings is 1. The third-order valence-corrected chi connectivity index (χ3v) is 2.91. The molecule has 0 amide bonds. The second kappa shape index (κ2) is 5.54. The summed E-state index contributed by atoms with van der Waals surface area (Å²) in [7, 11) is 0. The lowest BCUT2D eigenvalue weighted by molar-refractivity contribution is 0.474. The molecule has 1 aromatic heterocycles. The molecule has 0 spiro atoms. The molecule has 0 aliphatic heterocycles. The van der Waals surface area contributed by atoms with Crippen LogP contribution in [0, 0.1) is 0 Å². The SMILES string of the molecule is CCCCc1ccc(-c2cc(O)cc(=O)[nH]2)cc1. The van der Waals surface area contributed by atoms with Crippen LogP contribution in [0.3, 0.4) is 0 Å². The number of aromatic nitrogens is 1. The van der Waals surface area contributed by atoms with E-state index in [1.54, 1.807) is 6.07 Å². The number of pyridine rings is 1. The van der Waals surface area contributed by atoms with Crippen LogP contribution in [0.15, 0.2) is 41.2 Å². The first-order valence-electron chi connectivity index (χ1n) is 6.21. The molecule has 2 rings (SSSR count). The summed E-state index contributed by atoms with van der Waals surface area (Å²) in [5.74, 6) is -0.0104. The second-order valence-electron chi connectivity index (χ2n) is 4.42. The minimum atomic E-state index is -0.292. The average molecular weight is 243 g/mol. The van der Waals surface area contributed by atoms with Gasteiger partial charge < -0.3 is 10.1 Å². The number of unbranched alkanes of at least 4 members (excludes halogenated alkanes) is 1. The van der Waals surface area contributed by atoms with Gasteiger partial charge in [-0.1, -0.05) is 37.6 Å². The molecule has 0 saturated heterocycles. The Morgan fingerprint density at radius 3 is 2.50 bits per heavy atom. The molecule has 2 N–H and O–H groups in total. The Kier molecular flexibility index (Phi) is 3.82. The van der Waals surface area contributed by atoms with Crippen molar-refractivity contribution in [3.63, 3.8) is 0 Å². The van der Waals surface area contributed by atoms with E-state index in [0.29, 0.717) is 5.69 Å². The summed E-state index contributed by atoms with van der Waals surface area (Å²) < 4.78 is 0. The number of rotatable bonds is 4. The summed E-state index contributed by atoms with van der Waals surface area (Å²) in [6.07, 6.45) is 3.44. The minimum Gasteiger partial charge on any atom is -0.508 e. The number of hydrogen-bond acceptors (Lipinski definition) is 2. The molecule has 3 nitrogen and oxygen atoms in total. The van der Waals surface area contributed by atoms with Crippen molar-refractivity contribution >= 4 is 0 Å². The summed E-state index contributed by atoms with van der Waals surface area (Å²) in [5.41, 5.74) is 2.55. The number of aryl methyl sites for hydroxylation is 1. The number of hydrogen-bond donors (Lipinski definition) is 2. The van der Waals surface area contributed by atoms with Crippen molar-refractivity contribution in [3.8, 4) is 17.0 Å². The molecule has 0 saturated carbocycles. The summed E-state index contributed by atoms with van der Waals surface area (Å²) in [6, 6.07) is 10.8. The summed E-state index contributed by atoms with van der Waals surface area (Å²) >= 11 is 0. The molecule has 0 radical (unpaired) electrons. The van der Waals surface area contributed by atoms with E-state index >= 15 is 0 Å². The van der Waals surface area contributed by atoms with Gasteiger partial charge in [0, 0.05) is 12.1 Å². The van der Waals surface area contributed by atoms with Crippen molar-refractivity contribution in [1.82, 2.24) is 4.98 Å². The van der Waals surface area contributed by atoms with Crippen LogP contribution in [0.25, 0.3) is 11.3 Å². The van der Waals surface area contributed by atoms with Crippen LogP contribution in [-0.4, -0.2) is 10.1 Å². The zero-order valence-electron chi connectivity index (χ0n) is 10.4. The Labute approximate surface area is 106 Å². The molecule has 0 fully saturated rings. The van der Waals surface area contributed by atoms with E-state index in [1.807, 2.05) is 12.1 Å². The van der Waals surface area contributed by atoms with E-state index in [4.69, 9.17) is 0 Å². The van der Waals surface area contributed by atoms with Gasteiger partial charge in [-0.05, 0) is 24.0 Å². The third kappa shape index (κ3) is 3.00. The van der Waals surface area contributed by atoms with Crippen LogP contribution in [-0.2, 0) is 6.42 Å². The van der Waals surface area contributed by atoms with Gasteiger partial charge in [-0.3, -0.25) is 4.79 Å². The quantitative estimate of drug-likeness (QED) is 0.867. The van der Waals surface area contributed by atoms with Crippen molar-refractivity contribution < 1.29 is 5.11 Å². The standard InChI is InChI=1S/C15H17NO2/c1-2-3-4-11-5-7-12(8-6-11)14-9-13(17)10-15(18)16-14/h5-10H,2-4H2,1H3,(H2,16,17,18). The maximum atomic E-state index is 11.3. The van der Waals surface area contributed by atoms with Crippen LogP contribution in [0.1, 0.15) is 25.3 Å². The Bertz CT molecular complexity index is 570. The molecule has 18 heavy (non-hydrogen) atoms. The topological polar surface area (TPSA) is 53.1 Å². The van der Waals surface area contributed by atoms with E-state index < -0.39 is 0 Å². The van der Waals surface area contributed by atoms with Crippen molar-refractivity contribution in [2.24, 2.45) is 0 Å². The summed E-state index contributed by atoms with van der Waals surface area (Å²) in [5, 5.41) is 9.41. The highest BCUT2D eigenvalue weighted by molar-refractivity contribution is 5.60. The molecule has 0 bridgehead atoms. The minimum absolute atomic E-state index is 0.0104. The van der Waals surface area contributed by atoms with E-state index in [0.717, 1.165) is 12.0 Å². The Hall–Kier alpha value is -2.03. The number of H-pyrrole nitrogens is 1. The van der Waals surface area contributed by atoms with Crippen LogP contribution in [0.5, 0.6) is 5.75 Å². The first kappa shape index (κ1) is 12.4. The van der Waals surface area contributed by atoms with Gasteiger partial charge in [0.1, 0.15) is 5.75 Å². The van der Waals surface area contributed by atoms with E-state index in [9.17, 15) is 9.90 Å². The number of aromatic amines is 1. The highest BCUT2D eigenvalue weighted by Crippen LogP contribution is 2.20. The van der Waals surface area contributed by atoms with Crippen LogP contribution in [0.4, 0.5) is 0 Å². The van der Waals surface area contributed by atoms with E-state index in [2.05, 4.69) is 24.0 Å². The maximum Gasteiger partial charge on any atom is 0.252 e. The maximum absolute atomic E-state index is 11.3. The van der Waals surface area contributed by atoms with Crippen molar-refractivity contribution in [3.05, 3.63) is 52.3 Å². The van der Waals surface area contributed by atoms with Crippen molar-refractivity contribution in [1.29, 1.82) is 0 Å². The number of aromatic hydroxyl groups is 1. The van der Waals surface area contributed by atoms with Gasteiger partial charge in [0.15, 0.2) is 0 Å². The van der Waals surface area contributed by atoms with Crippen LogP contribution < -0.4 is 5.56 Å². The lowest BCUT2D eigenvalue weighted by atomic mass is 10.0. The van der Waals surface area contributed by atoms with Gasteiger partial charge in [0.25, 0.3) is 5.56 Å². The average Bonchev–Trinajstić information content (AvgIpc) is 2.36. The van der Waals surface area contributed by atoms with E-state index in [-0.39, 0.29) is 11.3 Å². The fourth-order valence-corrected chi connectivity index (χ4v) is 1.92. The molecular weight excluding hydrogens is 226 g/mol. The van der Waals surface area contributed by atoms with Gasteiger partial charge in [-0.25, -0.2) is 0 Å². The lowest BCUT2D eigenvalue weighted by Crippen LogP contribution is -2.04. The molecule has 0 aliphatic carbocycles. The molecule has 1 heterocycles. The summed E-state index contributed by atoms with van der Waals surface area (Å²) in [6.45, 7) is 2.17. The zero-order valence-corrected chi connectivity index (χ0v) is 10.4. The molecule has 94 valence electrons. The molecule has 0 atom stereocenters. The lowest BCUT2D eigenvalue weighted by Gasteiger charge is -2.04. The molecule has 3 heteroatoms. The van der Waals surface area contributed by atoms with Gasteiger partial charge in [0.05, 0.1) is 5.69 Å². The van der Waals surface area contributed by atoms with Gasteiger partial charge in [0.2, 0.25) is 0 Å². The van der Waals surface area contributed by atoms with Crippen molar-refractivity contribution in [2.75, 3.05) is 0 Å². The first-order valence-corrected chi connectivity index (χ1v) is 6.21. The normalized spacial score (nSPS) is 10.5. The first-order chi connectivity index (χ1) is 8.69. The summed E-state index contributed by atoms with van der Waals surface area (Å²) in [4.78, 5) is 14.0. The number of nitrogens with one attached hydrogen (secondary N) is 1. The fraction of sp³-hybridized carbons (Fsp3) is 0.267. The Balaban J connectivity index is 2.25. The van der Waals surface area contributed by atoms with Gasteiger partial charge >= 0.3 is 0 Å². The molecule has 2 aromatic rings. The highest BCUT2D eigenvalue weighted by atomic mass is 16.3. The second-order valence-corrected chi connectivity index (χ2v) is 4.42. The third-order valence-electron chi connectivity index (χ3n) is 2.91. The van der Waals surface area contributed by atoms with Crippen LogP contribution >= 0.6 is 0 Å². The predicted octanol–water partition coefficient (Wildman–Crippen LogP) is 3.09. The highest BCUT2D eigenvalue weighted by Gasteiger charge is 2.01. The zero-order chi connectivity index (χ0) is 13.0. The van der Waals surface area contributed by atoms with Crippen LogP contribution in [0.2, 0.25) is 0 Å². The molecule has 1 aromatic carbocycles. The van der Waals surface area contributed by atoms with Gasteiger partial charge in [-0.2, -0.15) is 0 Å². The predicted molar refractivity (Wildman–Crippen MR) is 72.8 cm³/mol.